The van der Waals surface area contributed by atoms with Crippen LogP contribution in [0, 0.1) is 0 Å². The number of rotatable bonds is 2. The summed E-state index contributed by atoms with van der Waals surface area (Å²) in [6.07, 6.45) is 2.96. The third kappa shape index (κ3) is 1.21. The third-order valence-electron chi connectivity index (χ3n) is 1.36. The molecule has 12 heavy (non-hydrogen) atoms. The summed E-state index contributed by atoms with van der Waals surface area (Å²) in [4.78, 5) is 0. The fraction of sp³-hybridized carbons (Fsp3) is 0. The molecule has 0 saturated heterocycles. The lowest BCUT2D eigenvalue weighted by molar-refractivity contribution is 0.439. The van der Waals surface area contributed by atoms with Crippen LogP contribution >= 0.6 is 0 Å². The van der Waals surface area contributed by atoms with E-state index in [1.165, 1.54) is 12.5 Å². The van der Waals surface area contributed by atoms with Gasteiger partial charge >= 0.3 is 0 Å². The Kier molecular flexibility index (Phi) is 1.83. The normalized spacial score (nSPS) is 10.8. The van der Waals surface area contributed by atoms with Crippen LogP contribution < -0.4 is 0 Å². The van der Waals surface area contributed by atoms with Gasteiger partial charge in [-0.2, -0.15) is 0 Å². The van der Waals surface area contributed by atoms with Crippen LogP contribution in [-0.2, 0) is 10.8 Å². The van der Waals surface area contributed by atoms with Gasteiger partial charge in [-0.25, -0.2) is 4.21 Å². The summed E-state index contributed by atoms with van der Waals surface area (Å²) < 4.78 is 21.4. The van der Waals surface area contributed by atoms with E-state index in [0.29, 0.717) is 10.2 Å². The Labute approximate surface area is 71.5 Å². The smallest absolute Gasteiger partial charge is 0.198 e. The maximum atomic E-state index is 11.5. The lowest BCUT2D eigenvalue weighted by atomic mass is 10.7. The van der Waals surface area contributed by atoms with Gasteiger partial charge in [-0.3, -0.25) is 0 Å². The second kappa shape index (κ2) is 2.98. The molecule has 2 aromatic heterocycles. The average molecular weight is 182 g/mol. The first-order valence-corrected chi connectivity index (χ1v) is 4.52. The summed E-state index contributed by atoms with van der Waals surface area (Å²) in [5.74, 6) is 0. The average Bonchev–Trinajstić information content (AvgIpc) is 2.77. The molecule has 62 valence electrons. The summed E-state index contributed by atoms with van der Waals surface area (Å²) in [6, 6.07) is 6.68. The van der Waals surface area contributed by atoms with Gasteiger partial charge in [0.25, 0.3) is 0 Å². The zero-order chi connectivity index (χ0) is 8.39. The lowest BCUT2D eigenvalue weighted by Crippen LogP contribution is -1.86. The van der Waals surface area contributed by atoms with Crippen molar-refractivity contribution in [1.82, 2.24) is 0 Å². The van der Waals surface area contributed by atoms with Crippen molar-refractivity contribution in [3.8, 4) is 0 Å². The molecule has 0 aromatic carbocycles. The van der Waals surface area contributed by atoms with Gasteiger partial charge in [0.05, 0.1) is 12.5 Å². The minimum Gasteiger partial charge on any atom is -0.455 e. The van der Waals surface area contributed by atoms with E-state index in [-0.39, 0.29) is 0 Å². The van der Waals surface area contributed by atoms with Gasteiger partial charge < -0.3 is 8.83 Å². The van der Waals surface area contributed by atoms with Gasteiger partial charge in [-0.15, -0.1) is 0 Å². The molecule has 0 spiro atoms. The fourth-order valence-corrected chi connectivity index (χ4v) is 1.73. The molecule has 2 heterocycles. The zero-order valence-corrected chi connectivity index (χ0v) is 6.91. The fourth-order valence-electron chi connectivity index (χ4n) is 0.837. The topological polar surface area (TPSA) is 43.4 Å². The van der Waals surface area contributed by atoms with Crippen molar-refractivity contribution in [2.45, 2.75) is 10.2 Å². The highest BCUT2D eigenvalue weighted by Gasteiger charge is 2.11. The number of hydrogen-bond donors (Lipinski definition) is 0. The van der Waals surface area contributed by atoms with Gasteiger partial charge in [0, 0.05) is 0 Å². The first-order chi connectivity index (χ1) is 5.88. The van der Waals surface area contributed by atoms with E-state index in [1.807, 2.05) is 0 Å². The molecule has 0 aliphatic heterocycles. The van der Waals surface area contributed by atoms with Crippen LogP contribution in [0.3, 0.4) is 0 Å². The van der Waals surface area contributed by atoms with Crippen molar-refractivity contribution in [3.05, 3.63) is 36.8 Å². The Morgan fingerprint density at radius 3 is 1.83 bits per heavy atom. The first kappa shape index (κ1) is 7.36. The van der Waals surface area contributed by atoms with E-state index in [9.17, 15) is 4.21 Å². The Bertz CT molecular complexity index is 325. The summed E-state index contributed by atoms with van der Waals surface area (Å²) in [5.41, 5.74) is 0. The first-order valence-electron chi connectivity index (χ1n) is 3.37. The quantitative estimate of drug-likeness (QED) is 0.713. The van der Waals surface area contributed by atoms with Crippen molar-refractivity contribution in [3.63, 3.8) is 0 Å². The molecule has 0 aliphatic rings. The minimum absolute atomic E-state index is 0.407. The van der Waals surface area contributed by atoms with E-state index in [4.69, 9.17) is 8.83 Å². The Hall–Kier alpha value is -1.29. The molecule has 0 fully saturated rings. The Balaban J connectivity index is 2.34. The van der Waals surface area contributed by atoms with Crippen LogP contribution in [0.2, 0.25) is 0 Å². The van der Waals surface area contributed by atoms with Crippen LogP contribution in [0.5, 0.6) is 0 Å². The van der Waals surface area contributed by atoms with Crippen LogP contribution in [0.4, 0.5) is 0 Å². The predicted octanol–water partition coefficient (Wildman–Crippen LogP) is 2.04. The van der Waals surface area contributed by atoms with Crippen molar-refractivity contribution in [1.29, 1.82) is 0 Å². The summed E-state index contributed by atoms with van der Waals surface area (Å²) >= 11 is 0. The Morgan fingerprint density at radius 2 is 1.50 bits per heavy atom. The lowest BCUT2D eigenvalue weighted by Gasteiger charge is -1.90. The second-order valence-electron chi connectivity index (χ2n) is 2.13. The number of furan rings is 2. The van der Waals surface area contributed by atoms with Crippen molar-refractivity contribution >= 4 is 10.8 Å². The molecular formula is C8H6O3S. The standard InChI is InChI=1S/C8H6O3S/c9-12(7-3-1-5-10-7)8-4-2-6-11-8/h1-6H. The molecule has 0 amide bonds. The molecule has 0 unspecified atom stereocenters. The van der Waals surface area contributed by atoms with Crippen LogP contribution in [0.15, 0.2) is 55.8 Å². The van der Waals surface area contributed by atoms with Gasteiger partial charge in [0.1, 0.15) is 0 Å². The molecule has 3 nitrogen and oxygen atoms in total. The minimum atomic E-state index is -1.32. The largest absolute Gasteiger partial charge is 0.455 e. The second-order valence-corrected chi connectivity index (χ2v) is 3.48. The van der Waals surface area contributed by atoms with Gasteiger partial charge in [0.15, 0.2) is 21.0 Å². The monoisotopic (exact) mass is 182 g/mol. The van der Waals surface area contributed by atoms with Gasteiger partial charge in [0.2, 0.25) is 0 Å². The Morgan fingerprint density at radius 1 is 1.00 bits per heavy atom. The van der Waals surface area contributed by atoms with Gasteiger partial charge in [-0.05, 0) is 24.3 Å². The molecule has 2 aromatic rings. The van der Waals surface area contributed by atoms with Crippen molar-refractivity contribution < 1.29 is 13.0 Å². The summed E-state index contributed by atoms with van der Waals surface area (Å²) in [7, 11) is -1.32. The van der Waals surface area contributed by atoms with E-state index in [0.717, 1.165) is 0 Å². The highest BCUT2D eigenvalue weighted by atomic mass is 32.2. The van der Waals surface area contributed by atoms with E-state index in [2.05, 4.69) is 0 Å². The highest BCUT2D eigenvalue weighted by molar-refractivity contribution is 7.84. The maximum absolute atomic E-state index is 11.5. The summed E-state index contributed by atoms with van der Waals surface area (Å²) in [6.45, 7) is 0. The molecule has 0 radical (unpaired) electrons. The number of hydrogen-bond acceptors (Lipinski definition) is 3. The molecule has 0 N–H and O–H groups in total. The molecule has 0 bridgehead atoms. The highest BCUT2D eigenvalue weighted by Crippen LogP contribution is 2.16. The van der Waals surface area contributed by atoms with Crippen molar-refractivity contribution in [2.75, 3.05) is 0 Å². The molecule has 0 saturated carbocycles. The van der Waals surface area contributed by atoms with Crippen LogP contribution in [-0.4, -0.2) is 4.21 Å². The SMILES string of the molecule is O=S(c1ccco1)c1ccco1. The van der Waals surface area contributed by atoms with Crippen LogP contribution in [0.1, 0.15) is 0 Å². The molecular weight excluding hydrogens is 176 g/mol. The van der Waals surface area contributed by atoms with Crippen molar-refractivity contribution in [2.24, 2.45) is 0 Å². The summed E-state index contributed by atoms with van der Waals surface area (Å²) in [5, 5.41) is 0.815. The molecule has 4 heteroatoms. The van der Waals surface area contributed by atoms with E-state index < -0.39 is 10.8 Å². The van der Waals surface area contributed by atoms with E-state index >= 15 is 0 Å². The van der Waals surface area contributed by atoms with Gasteiger partial charge in [-0.1, -0.05) is 0 Å². The predicted molar refractivity (Wildman–Crippen MR) is 42.1 cm³/mol. The molecule has 0 atom stereocenters. The third-order valence-corrected chi connectivity index (χ3v) is 2.55. The maximum Gasteiger partial charge on any atom is 0.198 e. The molecule has 0 aliphatic carbocycles. The van der Waals surface area contributed by atoms with Crippen LogP contribution in [0.25, 0.3) is 0 Å². The zero-order valence-electron chi connectivity index (χ0n) is 6.10. The van der Waals surface area contributed by atoms with E-state index in [1.54, 1.807) is 24.3 Å². The molecule has 2 rings (SSSR count).